The van der Waals surface area contributed by atoms with Crippen LogP contribution in [0, 0.1) is 93.2 Å². The third-order valence-corrected chi connectivity index (χ3v) is 13.8. The molecule has 0 aliphatic heterocycles. The van der Waals surface area contributed by atoms with Gasteiger partial charge in [-0.2, -0.15) is 79.0 Å². The second-order valence-corrected chi connectivity index (χ2v) is 21.7. The largest absolute Gasteiger partial charge is 0.402 e. The quantitative estimate of drug-likeness (QED) is 0.122. The van der Waals surface area contributed by atoms with Gasteiger partial charge in [0.05, 0.1) is 5.82 Å². The van der Waals surface area contributed by atoms with Gasteiger partial charge in [0.25, 0.3) is 0 Å². The summed E-state index contributed by atoms with van der Waals surface area (Å²) in [5, 5.41) is 0. The van der Waals surface area contributed by atoms with E-state index in [0.29, 0.717) is 40.6 Å². The molecule has 6 heterocycles. The Morgan fingerprint density at radius 1 is 0.279 bits per heavy atom. The third-order valence-electron chi connectivity index (χ3n) is 13.8. The average Bonchev–Trinajstić information content (AvgIpc) is 0.822. The molecule has 0 bridgehead atoms. The standard InChI is InChI=1S/C14H8F6N.C13H8F4N.C13H9F3N.C12H5F5N.C12H6F4N.C12H9FN.6Ir/c1-8-2-3-21-12(4-8)9-5-10(13(15,16)17)7-11(6-9)14(18,19)20;1-8-4-5-18-12(6-8)10-3-2-9(14)7-11(10)13(15,16)17;1-9-8-10(12-4-2-3-7-17-12)5-6-11(9)13(14,15)16;13-9-6-10(14)8(12(15,16)17)5-7(9)11-3-1-2-4-18-11;13-8-4-5-9(10(7-8)12(14,15)16)11-3-1-2-6-17-11;1-9-8-10(5-6-11(9)13)12-4-2-3-7-14-12;;;;;;/h2-5,7H,1H3;2,4-7H,1H3;2-4,6-8H,1H3;1-4,6H;1-4,6-7H;2-4,6-8H,1H3;;;;;;/q6*-1;;;;;;. The van der Waals surface area contributed by atoms with Gasteiger partial charge in [-0.3, -0.25) is 22.0 Å². The van der Waals surface area contributed by atoms with E-state index in [0.717, 1.165) is 35.0 Å². The van der Waals surface area contributed by atoms with Crippen molar-refractivity contribution in [1.82, 2.24) is 29.9 Å². The molecule has 600 valence electrons. The summed E-state index contributed by atoms with van der Waals surface area (Å²) in [5.41, 5.74) is -3.39. The third kappa shape index (κ3) is 30.4. The Labute approximate surface area is 700 Å². The van der Waals surface area contributed by atoms with Crippen LogP contribution in [0.2, 0.25) is 0 Å². The minimum absolute atomic E-state index is 0. The maximum atomic E-state index is 13.4. The van der Waals surface area contributed by atoms with Crippen LogP contribution in [0.3, 0.4) is 0 Å². The Bertz CT molecular complexity index is 4850. The first-order valence-corrected chi connectivity index (χ1v) is 29.6. The summed E-state index contributed by atoms with van der Waals surface area (Å²) >= 11 is 0. The van der Waals surface area contributed by atoms with Crippen LogP contribution < -0.4 is 0 Å². The summed E-state index contributed by atoms with van der Waals surface area (Å²) in [7, 11) is 0. The molecule has 6 aromatic heterocycles. The van der Waals surface area contributed by atoms with Gasteiger partial charge in [-0.25, -0.2) is 0 Å². The summed E-state index contributed by atoms with van der Waals surface area (Å²) in [6.07, 6.45) is -19.7. The monoisotopic (exact) mass is 2640 g/mol. The number of benzene rings is 6. The number of rotatable bonds is 6. The van der Waals surface area contributed by atoms with E-state index in [-0.39, 0.29) is 184 Å². The zero-order valence-electron chi connectivity index (χ0n) is 55.9. The van der Waals surface area contributed by atoms with Gasteiger partial charge in [0.1, 0.15) is 0 Å². The fourth-order valence-electron chi connectivity index (χ4n) is 8.93. The molecule has 6 aromatic carbocycles. The minimum atomic E-state index is -4.93. The van der Waals surface area contributed by atoms with E-state index < -0.39 is 99.3 Å². The summed E-state index contributed by atoms with van der Waals surface area (Å²) in [6, 6.07) is 48.6. The van der Waals surface area contributed by atoms with E-state index in [1.807, 2.05) is 24.3 Å². The van der Waals surface area contributed by atoms with Crippen molar-refractivity contribution >= 4 is 0 Å². The Balaban J connectivity index is 0.000000661. The van der Waals surface area contributed by atoms with Crippen molar-refractivity contribution < 1.29 is 222 Å². The van der Waals surface area contributed by atoms with Crippen LogP contribution in [0.4, 0.5) is 101 Å². The van der Waals surface area contributed by atoms with E-state index >= 15 is 0 Å². The number of nitrogens with zero attached hydrogens (tertiary/aromatic N) is 6. The molecule has 12 rings (SSSR count). The first-order chi connectivity index (χ1) is 49.1. The van der Waals surface area contributed by atoms with Crippen LogP contribution in [0.5, 0.6) is 0 Å². The fourth-order valence-corrected chi connectivity index (χ4v) is 8.93. The fraction of sp³-hybridized carbons (Fsp3) is 0.132. The average molecular weight is 2630 g/mol. The molecule has 0 amide bonds. The zero-order chi connectivity index (χ0) is 77.4. The second kappa shape index (κ2) is 44.2. The summed E-state index contributed by atoms with van der Waals surface area (Å²) in [5.74, 6) is -5.01. The van der Waals surface area contributed by atoms with Gasteiger partial charge >= 0.3 is 37.1 Å². The molecule has 0 saturated carbocycles. The van der Waals surface area contributed by atoms with Crippen molar-refractivity contribution in [3.05, 3.63) is 322 Å². The van der Waals surface area contributed by atoms with Crippen LogP contribution in [-0.4, -0.2) is 29.9 Å². The molecule has 0 N–H and O–H groups in total. The van der Waals surface area contributed by atoms with Crippen LogP contribution in [0.25, 0.3) is 67.5 Å². The topological polar surface area (TPSA) is 77.3 Å². The predicted octanol–water partition coefficient (Wildman–Crippen LogP) is 23.3. The molecule has 0 aliphatic rings. The molecule has 0 spiro atoms. The van der Waals surface area contributed by atoms with Crippen molar-refractivity contribution in [2.75, 3.05) is 0 Å². The first-order valence-electron chi connectivity index (χ1n) is 29.6. The maximum Gasteiger partial charge on any atom is 0.402 e. The molecule has 0 aliphatic carbocycles. The van der Waals surface area contributed by atoms with E-state index in [1.54, 1.807) is 87.8 Å². The molecule has 111 heavy (non-hydrogen) atoms. The second-order valence-electron chi connectivity index (χ2n) is 21.7. The van der Waals surface area contributed by atoms with Crippen molar-refractivity contribution in [3.63, 3.8) is 0 Å². The van der Waals surface area contributed by atoms with Gasteiger partial charge in [0, 0.05) is 187 Å². The van der Waals surface area contributed by atoms with Gasteiger partial charge in [-0.15, -0.1) is 118 Å². The number of pyridine rings is 6. The van der Waals surface area contributed by atoms with Crippen LogP contribution in [0.1, 0.15) is 55.6 Å². The van der Waals surface area contributed by atoms with Crippen molar-refractivity contribution in [2.24, 2.45) is 0 Å². The molecule has 6 nitrogen and oxygen atoms in total. The predicted molar refractivity (Wildman–Crippen MR) is 340 cm³/mol. The van der Waals surface area contributed by atoms with Crippen molar-refractivity contribution in [3.8, 4) is 67.5 Å². The SMILES string of the molecule is Cc1cc(-c2ccccn2)[c-]cc1C(F)(F)F.Cc1cc(-c2ccccn2)[c-]cc1F.Cc1ccnc(-c2[c-]c(C(F)(F)F)cc(C(F)(F)F)c2)c1.Cc1ccnc(-c2[c-]cc(F)cc2C(F)(F)F)c1.Fc1c[c-]c(-c2ccccn2)c(C(F)(F)F)c1.Fc1cc(F)c(C(F)(F)F)[c-]c1-c1ccccn1.[Ir].[Ir].[Ir].[Ir].[Ir].[Ir]. The molecule has 35 heteroatoms. The summed E-state index contributed by atoms with van der Waals surface area (Å²) in [6.45, 7) is 6.56. The number of hydrogen-bond donors (Lipinski definition) is 0. The van der Waals surface area contributed by atoms with Gasteiger partial charge in [0.2, 0.25) is 0 Å². The molecule has 0 unspecified atom stereocenters. The van der Waals surface area contributed by atoms with E-state index in [4.69, 9.17) is 0 Å². The van der Waals surface area contributed by atoms with Crippen LogP contribution in [-0.2, 0) is 158 Å². The molecule has 0 atom stereocenters. The summed E-state index contributed by atoms with van der Waals surface area (Å²) in [4.78, 5) is 23.4. The van der Waals surface area contributed by atoms with Gasteiger partial charge in [-0.05, 0) is 112 Å². The number of alkyl halides is 18. The molecule has 0 fully saturated rings. The zero-order valence-corrected chi connectivity index (χ0v) is 70.3. The van der Waals surface area contributed by atoms with Crippen LogP contribution >= 0.6 is 0 Å². The van der Waals surface area contributed by atoms with E-state index in [9.17, 15) is 101 Å². The van der Waals surface area contributed by atoms with Crippen molar-refractivity contribution in [1.29, 1.82) is 0 Å². The Morgan fingerprint density at radius 3 is 1.06 bits per heavy atom. The van der Waals surface area contributed by atoms with E-state index in [1.165, 1.54) is 80.2 Å². The molecule has 0 saturated heterocycles. The number of aromatic nitrogens is 6. The van der Waals surface area contributed by atoms with Gasteiger partial charge < -0.3 is 29.9 Å². The van der Waals surface area contributed by atoms with Crippen LogP contribution in [0.15, 0.2) is 201 Å². The molecule has 6 radical (unpaired) electrons. The van der Waals surface area contributed by atoms with Gasteiger partial charge in [0.15, 0.2) is 0 Å². The number of hydrogen-bond acceptors (Lipinski definition) is 6. The van der Waals surface area contributed by atoms with Gasteiger partial charge in [-0.1, -0.05) is 115 Å². The summed E-state index contributed by atoms with van der Waals surface area (Å²) < 4.78 is 293. The normalized spacial score (nSPS) is 10.9. The number of halogens is 23. The Hall–Kier alpha value is -7.49. The Kier molecular flexibility index (Phi) is 40.5. The minimum Gasteiger partial charge on any atom is -0.305 e. The van der Waals surface area contributed by atoms with E-state index in [2.05, 4.69) is 54.2 Å². The number of aryl methyl sites for hydroxylation is 4. The molecular weight excluding hydrogens is 2590 g/mol. The Morgan fingerprint density at radius 2 is 0.676 bits per heavy atom. The molecular formula is C76H45F23Ir6N6-6. The maximum absolute atomic E-state index is 13.4. The first kappa shape index (κ1) is 102. The smallest absolute Gasteiger partial charge is 0.305 e. The molecule has 12 aromatic rings. The van der Waals surface area contributed by atoms with Crippen molar-refractivity contribution in [2.45, 2.75) is 64.8 Å².